The highest BCUT2D eigenvalue weighted by Gasteiger charge is 1.97. The zero-order chi connectivity index (χ0) is 14.0. The van der Waals surface area contributed by atoms with Gasteiger partial charge in [0.15, 0.2) is 0 Å². The molecule has 2 aromatic rings. The fourth-order valence-corrected chi connectivity index (χ4v) is 2.24. The molecule has 0 aromatic heterocycles. The first-order valence-corrected chi connectivity index (χ1v) is 7.40. The van der Waals surface area contributed by atoms with Crippen LogP contribution in [0.3, 0.4) is 0 Å². The molecule has 0 amide bonds. The van der Waals surface area contributed by atoms with Crippen molar-refractivity contribution in [3.8, 4) is 11.1 Å². The molecule has 20 heavy (non-hydrogen) atoms. The fraction of sp³-hybridized carbons (Fsp3) is 0.333. The number of hydrogen-bond acceptors (Lipinski definition) is 2. The molecule has 0 radical (unpaired) electrons. The highest BCUT2D eigenvalue weighted by molar-refractivity contribution is 5.63. The van der Waals surface area contributed by atoms with Gasteiger partial charge in [-0.3, -0.25) is 0 Å². The lowest BCUT2D eigenvalue weighted by molar-refractivity contribution is 0.625. The molecule has 2 nitrogen and oxygen atoms in total. The van der Waals surface area contributed by atoms with Crippen molar-refractivity contribution in [2.45, 2.75) is 12.8 Å². The minimum absolute atomic E-state index is 1.05. The van der Waals surface area contributed by atoms with Crippen molar-refractivity contribution < 1.29 is 0 Å². The van der Waals surface area contributed by atoms with E-state index in [4.69, 9.17) is 0 Å². The Labute approximate surface area is 122 Å². The van der Waals surface area contributed by atoms with Crippen molar-refractivity contribution in [2.24, 2.45) is 0 Å². The molecule has 2 rings (SSSR count). The summed E-state index contributed by atoms with van der Waals surface area (Å²) in [5.41, 5.74) is 3.96. The molecule has 2 N–H and O–H groups in total. The molecule has 2 aromatic carbocycles. The smallest absolute Gasteiger partial charge is 0.000834 e. The third-order valence-electron chi connectivity index (χ3n) is 3.43. The standard InChI is InChI=1S/C18H24N2/c1-19-13-5-14-20-15-12-16-8-10-18(11-9-16)17-6-3-2-4-7-17/h2-4,6-11,19-20H,5,12-15H2,1H3. The van der Waals surface area contributed by atoms with Gasteiger partial charge < -0.3 is 10.6 Å². The van der Waals surface area contributed by atoms with Gasteiger partial charge in [-0.1, -0.05) is 54.6 Å². The quantitative estimate of drug-likeness (QED) is 0.719. The molecule has 0 saturated carbocycles. The Hall–Kier alpha value is -1.64. The van der Waals surface area contributed by atoms with Crippen molar-refractivity contribution in [3.05, 3.63) is 60.2 Å². The summed E-state index contributed by atoms with van der Waals surface area (Å²) < 4.78 is 0. The predicted molar refractivity (Wildman–Crippen MR) is 87.0 cm³/mol. The van der Waals surface area contributed by atoms with E-state index in [1.165, 1.54) is 23.1 Å². The van der Waals surface area contributed by atoms with Crippen LogP contribution in [0.1, 0.15) is 12.0 Å². The Morgan fingerprint density at radius 1 is 0.750 bits per heavy atom. The highest BCUT2D eigenvalue weighted by Crippen LogP contribution is 2.19. The van der Waals surface area contributed by atoms with Crippen LogP contribution in [0, 0.1) is 0 Å². The Bertz CT molecular complexity index is 477. The van der Waals surface area contributed by atoms with Crippen molar-refractivity contribution in [3.63, 3.8) is 0 Å². The predicted octanol–water partition coefficient (Wildman–Crippen LogP) is 3.10. The van der Waals surface area contributed by atoms with Gasteiger partial charge in [0.25, 0.3) is 0 Å². The second-order valence-electron chi connectivity index (χ2n) is 5.02. The van der Waals surface area contributed by atoms with Crippen molar-refractivity contribution in [1.29, 1.82) is 0 Å². The van der Waals surface area contributed by atoms with Crippen LogP contribution in [0.5, 0.6) is 0 Å². The summed E-state index contributed by atoms with van der Waals surface area (Å²) in [6.07, 6.45) is 2.28. The maximum Gasteiger partial charge on any atom is -0.000834 e. The summed E-state index contributed by atoms with van der Waals surface area (Å²) in [5, 5.41) is 6.63. The van der Waals surface area contributed by atoms with Crippen molar-refractivity contribution in [2.75, 3.05) is 26.7 Å². The summed E-state index contributed by atoms with van der Waals surface area (Å²) in [4.78, 5) is 0. The molecule has 0 atom stereocenters. The maximum atomic E-state index is 3.47. The number of benzene rings is 2. The van der Waals surface area contributed by atoms with Crippen LogP contribution in [0.25, 0.3) is 11.1 Å². The zero-order valence-corrected chi connectivity index (χ0v) is 12.2. The number of hydrogen-bond donors (Lipinski definition) is 2. The monoisotopic (exact) mass is 268 g/mol. The largest absolute Gasteiger partial charge is 0.320 e. The molecule has 0 unspecified atom stereocenters. The lowest BCUT2D eigenvalue weighted by atomic mass is 10.0. The molecule has 2 heteroatoms. The van der Waals surface area contributed by atoms with Crippen molar-refractivity contribution in [1.82, 2.24) is 10.6 Å². The molecular formula is C18H24N2. The molecule has 0 fully saturated rings. The summed E-state index contributed by atoms with van der Waals surface area (Å²) >= 11 is 0. The van der Waals surface area contributed by atoms with E-state index in [0.29, 0.717) is 0 Å². The Kier molecular flexibility index (Phi) is 6.28. The molecule has 0 aliphatic carbocycles. The van der Waals surface area contributed by atoms with E-state index < -0.39 is 0 Å². The molecule has 0 aliphatic heterocycles. The van der Waals surface area contributed by atoms with Crippen LogP contribution in [0.15, 0.2) is 54.6 Å². The van der Waals surface area contributed by atoms with Gasteiger partial charge >= 0.3 is 0 Å². The molecule has 0 saturated heterocycles. The topological polar surface area (TPSA) is 24.1 Å². The first kappa shape index (κ1) is 14.8. The van der Waals surface area contributed by atoms with E-state index in [9.17, 15) is 0 Å². The van der Waals surface area contributed by atoms with Crippen LogP contribution in [0.4, 0.5) is 0 Å². The average molecular weight is 268 g/mol. The van der Waals surface area contributed by atoms with Crippen LogP contribution < -0.4 is 10.6 Å². The van der Waals surface area contributed by atoms with E-state index >= 15 is 0 Å². The summed E-state index contributed by atoms with van der Waals surface area (Å²) in [6, 6.07) is 19.4. The van der Waals surface area contributed by atoms with Crippen LogP contribution >= 0.6 is 0 Å². The average Bonchev–Trinajstić information content (AvgIpc) is 2.52. The summed E-state index contributed by atoms with van der Waals surface area (Å²) in [5.74, 6) is 0. The summed E-state index contributed by atoms with van der Waals surface area (Å²) in [7, 11) is 1.99. The second-order valence-corrected chi connectivity index (χ2v) is 5.02. The van der Waals surface area contributed by atoms with Crippen LogP contribution in [-0.4, -0.2) is 26.7 Å². The van der Waals surface area contributed by atoms with Crippen LogP contribution in [0.2, 0.25) is 0 Å². The van der Waals surface area contributed by atoms with Crippen LogP contribution in [-0.2, 0) is 6.42 Å². The molecule has 106 valence electrons. The molecular weight excluding hydrogens is 244 g/mol. The third kappa shape index (κ3) is 4.80. The molecule has 0 heterocycles. The van der Waals surface area contributed by atoms with Gasteiger partial charge in [-0.05, 0) is 56.2 Å². The fourth-order valence-electron chi connectivity index (χ4n) is 2.24. The van der Waals surface area contributed by atoms with E-state index in [1.807, 2.05) is 7.05 Å². The molecule has 0 aliphatic rings. The highest BCUT2D eigenvalue weighted by atomic mass is 14.9. The maximum absolute atomic E-state index is 3.47. The van der Waals surface area contributed by atoms with Gasteiger partial charge in [-0.15, -0.1) is 0 Å². The Balaban J connectivity index is 1.77. The van der Waals surface area contributed by atoms with E-state index in [1.54, 1.807) is 0 Å². The SMILES string of the molecule is CNCCCNCCc1ccc(-c2ccccc2)cc1. The lowest BCUT2D eigenvalue weighted by Crippen LogP contribution is -2.21. The van der Waals surface area contributed by atoms with E-state index in [2.05, 4.69) is 65.2 Å². The first-order valence-electron chi connectivity index (χ1n) is 7.40. The third-order valence-corrected chi connectivity index (χ3v) is 3.43. The number of rotatable bonds is 8. The van der Waals surface area contributed by atoms with Gasteiger partial charge in [0.1, 0.15) is 0 Å². The summed E-state index contributed by atoms with van der Waals surface area (Å²) in [6.45, 7) is 3.22. The minimum atomic E-state index is 1.05. The van der Waals surface area contributed by atoms with E-state index in [0.717, 1.165) is 26.1 Å². The number of nitrogens with one attached hydrogen (secondary N) is 2. The van der Waals surface area contributed by atoms with Gasteiger partial charge in [0, 0.05) is 0 Å². The van der Waals surface area contributed by atoms with Gasteiger partial charge in [0.05, 0.1) is 0 Å². The van der Waals surface area contributed by atoms with Gasteiger partial charge in [-0.25, -0.2) is 0 Å². The lowest BCUT2D eigenvalue weighted by Gasteiger charge is -2.06. The first-order chi connectivity index (χ1) is 9.90. The Morgan fingerprint density at radius 3 is 2.15 bits per heavy atom. The molecule has 0 bridgehead atoms. The van der Waals surface area contributed by atoms with Gasteiger partial charge in [0.2, 0.25) is 0 Å². The normalized spacial score (nSPS) is 10.7. The second kappa shape index (κ2) is 8.51. The minimum Gasteiger partial charge on any atom is -0.320 e. The van der Waals surface area contributed by atoms with Gasteiger partial charge in [-0.2, -0.15) is 0 Å². The van der Waals surface area contributed by atoms with Crippen molar-refractivity contribution >= 4 is 0 Å². The zero-order valence-electron chi connectivity index (χ0n) is 12.2. The molecule has 0 spiro atoms. The van der Waals surface area contributed by atoms with E-state index in [-0.39, 0.29) is 0 Å². The Morgan fingerprint density at radius 2 is 1.45 bits per heavy atom.